The van der Waals surface area contributed by atoms with Gasteiger partial charge in [0, 0.05) is 47.5 Å². The Hall–Kier alpha value is -2.02. The number of aromatic nitrogens is 2. The van der Waals surface area contributed by atoms with E-state index >= 15 is 0 Å². The van der Waals surface area contributed by atoms with Crippen molar-refractivity contribution in [2.24, 2.45) is 0 Å². The van der Waals surface area contributed by atoms with Crippen LogP contribution < -0.4 is 5.43 Å². The monoisotopic (exact) mass is 339 g/mol. The van der Waals surface area contributed by atoms with Gasteiger partial charge in [0.1, 0.15) is 0 Å². The second kappa shape index (κ2) is 6.47. The van der Waals surface area contributed by atoms with Gasteiger partial charge in [-0.05, 0) is 43.8 Å². The third-order valence-corrected chi connectivity index (χ3v) is 5.42. The van der Waals surface area contributed by atoms with Gasteiger partial charge < -0.3 is 4.90 Å². The lowest BCUT2D eigenvalue weighted by atomic mass is 10.1. The number of aryl methyl sites for hydroxylation is 1. The first-order valence-electron chi connectivity index (χ1n) is 8.21. The van der Waals surface area contributed by atoms with Crippen molar-refractivity contribution in [1.82, 2.24) is 19.9 Å². The van der Waals surface area contributed by atoms with Crippen LogP contribution in [-0.4, -0.2) is 53.1 Å². The summed E-state index contributed by atoms with van der Waals surface area (Å²) >= 11 is 1.81. The van der Waals surface area contributed by atoms with Crippen molar-refractivity contribution in [3.63, 3.8) is 0 Å². The summed E-state index contributed by atoms with van der Waals surface area (Å²) in [5.41, 5.74) is 5.53. The maximum atomic E-state index is 4.65. The second-order valence-corrected chi connectivity index (χ2v) is 7.57. The Kier molecular flexibility index (Phi) is 4.18. The lowest BCUT2D eigenvalue weighted by molar-refractivity contribution is 0.178. The zero-order valence-corrected chi connectivity index (χ0v) is 14.8. The summed E-state index contributed by atoms with van der Waals surface area (Å²) in [5.74, 6) is 0.673. The molecule has 1 aromatic carbocycles. The number of benzene rings is 1. The van der Waals surface area contributed by atoms with Crippen molar-refractivity contribution >= 4 is 28.2 Å². The van der Waals surface area contributed by atoms with E-state index in [0.29, 0.717) is 5.95 Å². The first-order valence-corrected chi connectivity index (χ1v) is 9.03. The summed E-state index contributed by atoms with van der Waals surface area (Å²) in [6.45, 7) is 6.21. The maximum Gasteiger partial charge on any atom is 0.238 e. The molecule has 6 heteroatoms. The molecule has 0 aliphatic carbocycles. The summed E-state index contributed by atoms with van der Waals surface area (Å²) < 4.78 is 0. The summed E-state index contributed by atoms with van der Waals surface area (Å²) in [4.78, 5) is 14.1. The lowest BCUT2D eigenvalue weighted by Crippen LogP contribution is -2.47. The molecule has 0 spiro atoms. The molecular weight excluding hydrogens is 318 g/mol. The molecule has 24 heavy (non-hydrogen) atoms. The van der Waals surface area contributed by atoms with Crippen LogP contribution in [0.5, 0.6) is 0 Å². The van der Waals surface area contributed by atoms with E-state index in [1.807, 2.05) is 17.5 Å². The minimum atomic E-state index is 0.673. The fourth-order valence-corrected chi connectivity index (χ4v) is 3.75. The number of hydrogen-bond donors (Lipinski definition) is 1. The Morgan fingerprint density at radius 3 is 2.67 bits per heavy atom. The standard InChI is InChI=1S/C18H21N5S/c1-13-3-6-17(24-13)14-4-5-16-15(11-14)12-19-18(20-16)21-23-9-7-22(2)8-10-23/h3-6,11-12H,7-10H2,1-2H3,(H,19,20,21). The minimum Gasteiger partial charge on any atom is -0.304 e. The molecule has 1 aliphatic heterocycles. The molecule has 1 saturated heterocycles. The zero-order chi connectivity index (χ0) is 16.5. The van der Waals surface area contributed by atoms with Crippen molar-refractivity contribution in [1.29, 1.82) is 0 Å². The highest BCUT2D eigenvalue weighted by Crippen LogP contribution is 2.29. The van der Waals surface area contributed by atoms with Gasteiger partial charge in [0.2, 0.25) is 5.95 Å². The van der Waals surface area contributed by atoms with Gasteiger partial charge in [0.15, 0.2) is 0 Å². The number of fused-ring (bicyclic) bond motifs is 1. The summed E-state index contributed by atoms with van der Waals surface area (Å²) in [6.07, 6.45) is 1.91. The molecule has 1 N–H and O–H groups in total. The van der Waals surface area contributed by atoms with Crippen LogP contribution in [-0.2, 0) is 0 Å². The molecule has 0 amide bonds. The molecule has 0 atom stereocenters. The molecular formula is C18H21N5S. The molecule has 3 aromatic rings. The number of rotatable bonds is 3. The highest BCUT2D eigenvalue weighted by Gasteiger charge is 2.14. The molecule has 0 radical (unpaired) electrons. The second-order valence-electron chi connectivity index (χ2n) is 6.28. The third kappa shape index (κ3) is 3.26. The number of likely N-dealkylation sites (N-methyl/N-ethyl adjacent to an activating group) is 1. The Bertz CT molecular complexity index is 851. The molecule has 4 rings (SSSR count). The van der Waals surface area contributed by atoms with E-state index in [4.69, 9.17) is 0 Å². The predicted octanol–water partition coefficient (Wildman–Crippen LogP) is 3.24. The quantitative estimate of drug-likeness (QED) is 0.794. The Balaban J connectivity index is 1.55. The number of piperazine rings is 1. The highest BCUT2D eigenvalue weighted by atomic mass is 32.1. The van der Waals surface area contributed by atoms with E-state index in [9.17, 15) is 0 Å². The highest BCUT2D eigenvalue weighted by molar-refractivity contribution is 7.15. The van der Waals surface area contributed by atoms with E-state index in [0.717, 1.165) is 37.1 Å². The lowest BCUT2D eigenvalue weighted by Gasteiger charge is -2.32. The molecule has 124 valence electrons. The molecule has 0 bridgehead atoms. The van der Waals surface area contributed by atoms with Gasteiger partial charge >= 0.3 is 0 Å². The largest absolute Gasteiger partial charge is 0.304 e. The average molecular weight is 339 g/mol. The number of hydrogen-bond acceptors (Lipinski definition) is 6. The van der Waals surface area contributed by atoms with Crippen LogP contribution in [0.15, 0.2) is 36.5 Å². The van der Waals surface area contributed by atoms with Crippen LogP contribution in [0.2, 0.25) is 0 Å². The van der Waals surface area contributed by atoms with Crippen molar-refractivity contribution in [2.45, 2.75) is 6.92 Å². The van der Waals surface area contributed by atoms with Gasteiger partial charge in [-0.2, -0.15) is 0 Å². The Morgan fingerprint density at radius 1 is 1.08 bits per heavy atom. The van der Waals surface area contributed by atoms with Crippen molar-refractivity contribution in [2.75, 3.05) is 38.7 Å². The van der Waals surface area contributed by atoms with E-state index in [1.54, 1.807) is 0 Å². The Morgan fingerprint density at radius 2 is 1.92 bits per heavy atom. The van der Waals surface area contributed by atoms with Crippen LogP contribution in [0.3, 0.4) is 0 Å². The summed E-state index contributed by atoms with van der Waals surface area (Å²) in [6, 6.07) is 10.7. The van der Waals surface area contributed by atoms with E-state index in [2.05, 4.69) is 69.6 Å². The molecule has 0 unspecified atom stereocenters. The number of thiophene rings is 1. The number of nitrogens with one attached hydrogen (secondary N) is 1. The number of nitrogens with zero attached hydrogens (tertiary/aromatic N) is 4. The topological polar surface area (TPSA) is 44.3 Å². The van der Waals surface area contributed by atoms with Crippen LogP contribution in [0, 0.1) is 6.92 Å². The third-order valence-electron chi connectivity index (χ3n) is 4.37. The summed E-state index contributed by atoms with van der Waals surface area (Å²) in [5, 5.41) is 3.26. The van der Waals surface area contributed by atoms with Gasteiger partial charge in [-0.15, -0.1) is 11.3 Å². The number of anilines is 1. The van der Waals surface area contributed by atoms with Crippen molar-refractivity contribution < 1.29 is 0 Å². The normalized spacial score (nSPS) is 16.6. The fourth-order valence-electron chi connectivity index (χ4n) is 2.89. The minimum absolute atomic E-state index is 0.673. The molecule has 0 saturated carbocycles. The Labute approximate surface area is 145 Å². The first kappa shape index (κ1) is 15.5. The zero-order valence-electron chi connectivity index (χ0n) is 14.0. The van der Waals surface area contributed by atoms with Crippen LogP contribution >= 0.6 is 11.3 Å². The van der Waals surface area contributed by atoms with Gasteiger partial charge in [0.25, 0.3) is 0 Å². The van der Waals surface area contributed by atoms with Gasteiger partial charge in [-0.1, -0.05) is 6.07 Å². The van der Waals surface area contributed by atoms with Gasteiger partial charge in [-0.25, -0.2) is 15.0 Å². The van der Waals surface area contributed by atoms with Crippen LogP contribution in [0.25, 0.3) is 21.3 Å². The average Bonchev–Trinajstić information content (AvgIpc) is 3.03. The van der Waals surface area contributed by atoms with Gasteiger partial charge in [0.05, 0.1) is 5.52 Å². The first-order chi connectivity index (χ1) is 11.7. The van der Waals surface area contributed by atoms with Crippen LogP contribution in [0.4, 0.5) is 5.95 Å². The molecule has 5 nitrogen and oxygen atoms in total. The van der Waals surface area contributed by atoms with Crippen LogP contribution in [0.1, 0.15) is 4.88 Å². The smallest absolute Gasteiger partial charge is 0.238 e. The van der Waals surface area contributed by atoms with E-state index in [-0.39, 0.29) is 0 Å². The SMILES string of the molecule is Cc1ccc(-c2ccc3nc(NN4CCN(C)CC4)ncc3c2)s1. The van der Waals surface area contributed by atoms with Crippen molar-refractivity contribution in [3.8, 4) is 10.4 Å². The van der Waals surface area contributed by atoms with E-state index in [1.165, 1.54) is 15.3 Å². The van der Waals surface area contributed by atoms with Crippen molar-refractivity contribution in [3.05, 3.63) is 41.4 Å². The number of hydrazine groups is 1. The molecule has 1 fully saturated rings. The van der Waals surface area contributed by atoms with Gasteiger partial charge in [-0.3, -0.25) is 5.43 Å². The fraction of sp³-hybridized carbons (Fsp3) is 0.333. The maximum absolute atomic E-state index is 4.65. The molecule has 3 heterocycles. The molecule has 2 aromatic heterocycles. The summed E-state index contributed by atoms with van der Waals surface area (Å²) in [7, 11) is 2.15. The van der Waals surface area contributed by atoms with E-state index < -0.39 is 0 Å². The molecule has 1 aliphatic rings. The predicted molar refractivity (Wildman–Crippen MR) is 100 cm³/mol.